The highest BCUT2D eigenvalue weighted by molar-refractivity contribution is 9.10. The number of carboxylic acids is 1. The quantitative estimate of drug-likeness (QED) is 0.401. The number of rotatable bonds is 9. The number of aliphatic carboxylic acids is 1. The number of allylic oxidation sites excluding steroid dienone is 4. The Morgan fingerprint density at radius 2 is 2.07 bits per heavy atom. The first-order valence-corrected chi connectivity index (χ1v) is 10.9. The molecule has 1 aromatic rings. The summed E-state index contributed by atoms with van der Waals surface area (Å²) in [5.41, 5.74) is 2.58. The first kappa shape index (κ1) is 20.3. The molecule has 0 aliphatic heterocycles. The van der Waals surface area contributed by atoms with Crippen LogP contribution >= 0.6 is 15.9 Å². The average molecular weight is 432 g/mol. The number of nitrogens with one attached hydrogen (secondary N) is 1. The first-order valence-electron chi connectivity index (χ1n) is 10.1. The molecule has 146 valence electrons. The van der Waals surface area contributed by atoms with Crippen molar-refractivity contribution in [3.8, 4) is 0 Å². The van der Waals surface area contributed by atoms with Crippen LogP contribution in [0.25, 0.3) is 0 Å². The van der Waals surface area contributed by atoms with Gasteiger partial charge in [0, 0.05) is 17.4 Å². The van der Waals surface area contributed by atoms with Crippen molar-refractivity contribution >= 4 is 21.9 Å². The van der Waals surface area contributed by atoms with Crippen molar-refractivity contribution in [2.75, 3.05) is 6.54 Å². The molecular weight excluding hydrogens is 402 g/mol. The summed E-state index contributed by atoms with van der Waals surface area (Å²) in [6.07, 6.45) is 13.9. The fourth-order valence-electron chi connectivity index (χ4n) is 4.51. The number of hydrogen-bond acceptors (Lipinski definition) is 2. The van der Waals surface area contributed by atoms with E-state index in [0.717, 1.165) is 25.9 Å². The van der Waals surface area contributed by atoms with Gasteiger partial charge in [-0.2, -0.15) is 0 Å². The van der Waals surface area contributed by atoms with Crippen LogP contribution in [0.1, 0.15) is 43.2 Å². The molecule has 1 fully saturated rings. The van der Waals surface area contributed by atoms with Crippen LogP contribution in [-0.2, 0) is 11.3 Å². The first-order chi connectivity index (χ1) is 13.0. The maximum absolute atomic E-state index is 10.7. The molecule has 1 saturated carbocycles. The van der Waals surface area contributed by atoms with Crippen LogP contribution < -0.4 is 5.32 Å². The van der Waals surface area contributed by atoms with E-state index in [1.165, 1.54) is 28.4 Å². The third kappa shape index (κ3) is 5.55. The van der Waals surface area contributed by atoms with Crippen LogP contribution in [0, 0.1) is 30.6 Å². The SMILES string of the molecule is Cc1ccc(CNC[C@@H]2[C@@H](/C=C\CCCC(=O)O)[C@@H]3C=C[C@H]2CC3)c(Br)c1. The second kappa shape index (κ2) is 9.70. The van der Waals surface area contributed by atoms with Gasteiger partial charge in [-0.1, -0.05) is 52.4 Å². The minimum Gasteiger partial charge on any atom is -0.481 e. The zero-order valence-corrected chi connectivity index (χ0v) is 17.6. The fraction of sp³-hybridized carbons (Fsp3) is 0.522. The lowest BCUT2D eigenvalue weighted by Gasteiger charge is -2.44. The Hall–Kier alpha value is -1.39. The second-order valence-corrected chi connectivity index (χ2v) is 8.83. The molecule has 3 nitrogen and oxygen atoms in total. The van der Waals surface area contributed by atoms with Crippen LogP contribution in [0.2, 0.25) is 0 Å². The van der Waals surface area contributed by atoms with E-state index in [0.29, 0.717) is 23.7 Å². The highest BCUT2D eigenvalue weighted by Crippen LogP contribution is 2.45. The van der Waals surface area contributed by atoms with E-state index < -0.39 is 5.97 Å². The molecule has 0 unspecified atom stereocenters. The smallest absolute Gasteiger partial charge is 0.303 e. The summed E-state index contributed by atoms with van der Waals surface area (Å²) in [5, 5.41) is 12.5. The average Bonchev–Trinajstić information content (AvgIpc) is 2.64. The number of aryl methyl sites for hydroxylation is 1. The molecule has 0 radical (unpaired) electrons. The molecule has 0 saturated heterocycles. The molecule has 3 aliphatic carbocycles. The monoisotopic (exact) mass is 431 g/mol. The van der Waals surface area contributed by atoms with Crippen LogP contribution in [0.4, 0.5) is 0 Å². The highest BCUT2D eigenvalue weighted by atomic mass is 79.9. The normalized spacial score (nSPS) is 26.7. The highest BCUT2D eigenvalue weighted by Gasteiger charge is 2.38. The standard InChI is InChI=1S/C23H30BrNO2/c1-16-7-8-19(22(24)13-16)14-25-15-21-18-11-9-17(10-12-18)20(21)5-3-2-4-6-23(26)27/h3,5,7-9,11,13,17-18,20-21,25H,2,4,6,10,12,14-15H2,1H3,(H,26,27)/b5-3-/t17-,18+,20+,21+/m1/s1. The van der Waals surface area contributed by atoms with Crippen LogP contribution in [-0.4, -0.2) is 17.6 Å². The van der Waals surface area contributed by atoms with Crippen molar-refractivity contribution in [1.29, 1.82) is 0 Å². The predicted octanol–water partition coefficient (Wildman–Crippen LogP) is 5.49. The Labute approximate surface area is 171 Å². The van der Waals surface area contributed by atoms with E-state index in [9.17, 15) is 4.79 Å². The van der Waals surface area contributed by atoms with Crippen molar-refractivity contribution in [2.45, 2.75) is 45.6 Å². The largest absolute Gasteiger partial charge is 0.481 e. The maximum atomic E-state index is 10.7. The minimum atomic E-state index is -0.701. The summed E-state index contributed by atoms with van der Waals surface area (Å²) in [6, 6.07) is 6.53. The Bertz CT molecular complexity index is 712. The summed E-state index contributed by atoms with van der Waals surface area (Å²) in [6.45, 7) is 4.02. The number of benzene rings is 1. The van der Waals surface area contributed by atoms with E-state index >= 15 is 0 Å². The van der Waals surface area contributed by atoms with Crippen LogP contribution in [0.3, 0.4) is 0 Å². The van der Waals surface area contributed by atoms with E-state index in [-0.39, 0.29) is 6.42 Å². The molecule has 2 bridgehead atoms. The zero-order valence-electron chi connectivity index (χ0n) is 16.0. The van der Waals surface area contributed by atoms with Gasteiger partial charge in [0.25, 0.3) is 0 Å². The third-order valence-corrected chi connectivity index (χ3v) is 6.74. The van der Waals surface area contributed by atoms with Crippen LogP contribution in [0.15, 0.2) is 47.0 Å². The molecular formula is C23H30BrNO2. The third-order valence-electron chi connectivity index (χ3n) is 6.00. The van der Waals surface area contributed by atoms with Crippen molar-refractivity contribution < 1.29 is 9.90 Å². The Morgan fingerprint density at radius 1 is 1.30 bits per heavy atom. The van der Waals surface area contributed by atoms with E-state index in [4.69, 9.17) is 5.11 Å². The molecule has 4 heteroatoms. The summed E-state index contributed by atoms with van der Waals surface area (Å²) >= 11 is 3.67. The lowest BCUT2D eigenvalue weighted by Crippen LogP contribution is -2.41. The van der Waals surface area contributed by atoms with Gasteiger partial charge < -0.3 is 10.4 Å². The van der Waals surface area contributed by atoms with Gasteiger partial charge in [-0.3, -0.25) is 4.79 Å². The molecule has 4 atom stereocenters. The Balaban J connectivity index is 1.55. The molecule has 0 heterocycles. The van der Waals surface area contributed by atoms with Gasteiger partial charge in [0.15, 0.2) is 0 Å². The Kier molecular flexibility index (Phi) is 7.31. The molecule has 0 amide bonds. The molecule has 27 heavy (non-hydrogen) atoms. The summed E-state index contributed by atoms with van der Waals surface area (Å²) in [4.78, 5) is 10.7. The van der Waals surface area contributed by atoms with E-state index in [1.54, 1.807) is 0 Å². The molecule has 2 N–H and O–H groups in total. The lowest BCUT2D eigenvalue weighted by molar-refractivity contribution is -0.137. The van der Waals surface area contributed by atoms with E-state index in [1.807, 2.05) is 0 Å². The molecule has 0 aromatic heterocycles. The number of carboxylic acid groups (broad SMARTS) is 1. The Morgan fingerprint density at radius 3 is 2.78 bits per heavy atom. The molecule has 4 rings (SSSR count). The predicted molar refractivity (Wildman–Crippen MR) is 114 cm³/mol. The van der Waals surface area contributed by atoms with Crippen LogP contribution in [0.5, 0.6) is 0 Å². The van der Waals surface area contributed by atoms with Gasteiger partial charge in [-0.15, -0.1) is 0 Å². The van der Waals surface area contributed by atoms with Gasteiger partial charge in [0.2, 0.25) is 0 Å². The second-order valence-electron chi connectivity index (χ2n) is 7.97. The van der Waals surface area contributed by atoms with Gasteiger partial charge >= 0.3 is 5.97 Å². The summed E-state index contributed by atoms with van der Waals surface area (Å²) in [7, 11) is 0. The topological polar surface area (TPSA) is 49.3 Å². The molecule has 3 aliphatic rings. The molecule has 1 aromatic carbocycles. The number of hydrogen-bond donors (Lipinski definition) is 2. The number of unbranched alkanes of at least 4 members (excludes halogenated alkanes) is 1. The molecule has 0 spiro atoms. The summed E-state index contributed by atoms with van der Waals surface area (Å²) in [5.74, 6) is 1.81. The summed E-state index contributed by atoms with van der Waals surface area (Å²) < 4.78 is 1.18. The van der Waals surface area contributed by atoms with Crippen molar-refractivity contribution in [3.05, 3.63) is 58.1 Å². The van der Waals surface area contributed by atoms with Gasteiger partial charge in [-0.05, 0) is 80.0 Å². The van der Waals surface area contributed by atoms with Gasteiger partial charge in [-0.25, -0.2) is 0 Å². The van der Waals surface area contributed by atoms with Crippen molar-refractivity contribution in [1.82, 2.24) is 5.32 Å². The number of halogens is 1. The van der Waals surface area contributed by atoms with Crippen molar-refractivity contribution in [2.24, 2.45) is 23.7 Å². The van der Waals surface area contributed by atoms with E-state index in [2.05, 4.69) is 70.7 Å². The number of fused-ring (bicyclic) bond motifs is 2. The maximum Gasteiger partial charge on any atom is 0.303 e. The number of carbonyl (C=O) groups is 1. The fourth-order valence-corrected chi connectivity index (χ4v) is 5.14. The van der Waals surface area contributed by atoms with Gasteiger partial charge in [0.05, 0.1) is 0 Å². The minimum absolute atomic E-state index is 0.261. The zero-order chi connectivity index (χ0) is 19.2. The lowest BCUT2D eigenvalue weighted by atomic mass is 9.62. The van der Waals surface area contributed by atoms with Crippen molar-refractivity contribution in [3.63, 3.8) is 0 Å². The van der Waals surface area contributed by atoms with Gasteiger partial charge in [0.1, 0.15) is 0 Å².